The Kier molecular flexibility index (Phi) is 5.60. The molecule has 1 N–H and O–H groups in total. The van der Waals surface area contributed by atoms with Gasteiger partial charge in [0, 0.05) is 19.5 Å². The van der Waals surface area contributed by atoms with Crippen LogP contribution in [0.25, 0.3) is 0 Å². The second-order valence-corrected chi connectivity index (χ2v) is 7.55. The minimum atomic E-state index is -0.521. The number of benzene rings is 1. The first-order chi connectivity index (χ1) is 13.7. The highest BCUT2D eigenvalue weighted by Crippen LogP contribution is 2.25. The summed E-state index contributed by atoms with van der Waals surface area (Å²) in [5, 5.41) is 3.06. The standard InChI is InChI=1S/C23H26N2O3/c26-22(24-13-12-17-7-2-1-3-8-17)20-15-18-9-4-5-10-19(18)16-25(20)23(27)21-11-6-14-28-21/h4-7,9-11,14,20H,1-3,8,12-13,15-16H2,(H,24,26). The lowest BCUT2D eigenvalue weighted by atomic mass is 9.93. The van der Waals surface area contributed by atoms with Crippen LogP contribution in [0, 0.1) is 0 Å². The first-order valence-electron chi connectivity index (χ1n) is 10.1. The summed E-state index contributed by atoms with van der Waals surface area (Å²) < 4.78 is 5.29. The Morgan fingerprint density at radius 2 is 1.96 bits per heavy atom. The molecule has 146 valence electrons. The van der Waals surface area contributed by atoms with Crippen LogP contribution in [0.3, 0.4) is 0 Å². The third-order valence-corrected chi connectivity index (χ3v) is 5.67. The highest BCUT2D eigenvalue weighted by Gasteiger charge is 2.35. The van der Waals surface area contributed by atoms with Crippen molar-refractivity contribution in [2.24, 2.45) is 0 Å². The lowest BCUT2D eigenvalue weighted by Crippen LogP contribution is -2.52. The zero-order chi connectivity index (χ0) is 19.3. The van der Waals surface area contributed by atoms with Gasteiger partial charge in [-0.2, -0.15) is 0 Å². The summed E-state index contributed by atoms with van der Waals surface area (Å²) in [6.45, 7) is 1.03. The molecule has 1 atom stereocenters. The summed E-state index contributed by atoms with van der Waals surface area (Å²) in [5.41, 5.74) is 3.64. The van der Waals surface area contributed by atoms with Crippen LogP contribution in [0.5, 0.6) is 0 Å². The fraction of sp³-hybridized carbons (Fsp3) is 0.391. The Hall–Kier alpha value is -2.82. The molecule has 5 nitrogen and oxygen atoms in total. The minimum absolute atomic E-state index is 0.0918. The highest BCUT2D eigenvalue weighted by atomic mass is 16.3. The van der Waals surface area contributed by atoms with Crippen LogP contribution in [0.15, 0.2) is 58.7 Å². The average Bonchev–Trinajstić information content (AvgIpc) is 3.28. The zero-order valence-corrected chi connectivity index (χ0v) is 16.0. The van der Waals surface area contributed by atoms with E-state index in [0.717, 1.165) is 30.4 Å². The van der Waals surface area contributed by atoms with Crippen molar-refractivity contribution in [1.29, 1.82) is 0 Å². The van der Waals surface area contributed by atoms with E-state index in [2.05, 4.69) is 11.4 Å². The predicted molar refractivity (Wildman–Crippen MR) is 107 cm³/mol. The SMILES string of the molecule is O=C(NCCC1=CCCCC1)C1Cc2ccccc2CN1C(=O)c1ccco1. The molecule has 0 fully saturated rings. The Morgan fingerprint density at radius 1 is 1.11 bits per heavy atom. The van der Waals surface area contributed by atoms with Crippen molar-refractivity contribution in [3.05, 3.63) is 71.2 Å². The molecule has 1 aromatic heterocycles. The van der Waals surface area contributed by atoms with Gasteiger partial charge < -0.3 is 14.6 Å². The Labute approximate surface area is 165 Å². The maximum absolute atomic E-state index is 13.0. The molecule has 2 aliphatic rings. The van der Waals surface area contributed by atoms with Gasteiger partial charge in [-0.25, -0.2) is 0 Å². The second-order valence-electron chi connectivity index (χ2n) is 7.55. The lowest BCUT2D eigenvalue weighted by molar-refractivity contribution is -0.126. The Morgan fingerprint density at radius 3 is 2.71 bits per heavy atom. The van der Waals surface area contributed by atoms with Crippen LogP contribution in [-0.2, 0) is 17.8 Å². The first kappa shape index (κ1) is 18.5. The summed E-state index contributed by atoms with van der Waals surface area (Å²) >= 11 is 0. The van der Waals surface area contributed by atoms with Crippen LogP contribution >= 0.6 is 0 Å². The molecule has 5 heteroatoms. The van der Waals surface area contributed by atoms with E-state index < -0.39 is 6.04 Å². The number of nitrogens with zero attached hydrogens (tertiary/aromatic N) is 1. The lowest BCUT2D eigenvalue weighted by Gasteiger charge is -2.35. The summed E-state index contributed by atoms with van der Waals surface area (Å²) in [6.07, 6.45) is 9.99. The van der Waals surface area contributed by atoms with Crippen molar-refractivity contribution in [2.75, 3.05) is 6.54 Å². The molecule has 0 spiro atoms. The van der Waals surface area contributed by atoms with E-state index in [1.165, 1.54) is 24.7 Å². The van der Waals surface area contributed by atoms with E-state index in [0.29, 0.717) is 19.5 Å². The number of amides is 2. The number of rotatable bonds is 5. The molecule has 2 amide bonds. The van der Waals surface area contributed by atoms with E-state index in [4.69, 9.17) is 4.42 Å². The third-order valence-electron chi connectivity index (χ3n) is 5.67. The fourth-order valence-electron chi connectivity index (χ4n) is 4.11. The maximum atomic E-state index is 13.0. The number of hydrogen-bond donors (Lipinski definition) is 1. The van der Waals surface area contributed by atoms with Gasteiger partial charge in [0.2, 0.25) is 5.91 Å². The Balaban J connectivity index is 1.47. The van der Waals surface area contributed by atoms with Crippen LogP contribution < -0.4 is 5.32 Å². The molecular formula is C23H26N2O3. The van der Waals surface area contributed by atoms with Crippen LogP contribution in [0.4, 0.5) is 0 Å². The van der Waals surface area contributed by atoms with Gasteiger partial charge in [0.15, 0.2) is 5.76 Å². The molecule has 1 aromatic carbocycles. The highest BCUT2D eigenvalue weighted by molar-refractivity contribution is 5.96. The topological polar surface area (TPSA) is 62.6 Å². The number of nitrogens with one attached hydrogen (secondary N) is 1. The van der Waals surface area contributed by atoms with Crippen LogP contribution in [-0.4, -0.2) is 29.3 Å². The van der Waals surface area contributed by atoms with Crippen molar-refractivity contribution >= 4 is 11.8 Å². The monoisotopic (exact) mass is 378 g/mol. The van der Waals surface area contributed by atoms with Crippen molar-refractivity contribution in [3.63, 3.8) is 0 Å². The molecule has 1 unspecified atom stereocenters. The number of fused-ring (bicyclic) bond motifs is 1. The Bertz CT molecular complexity index is 870. The first-order valence-corrected chi connectivity index (χ1v) is 10.1. The smallest absolute Gasteiger partial charge is 0.290 e. The van der Waals surface area contributed by atoms with Gasteiger partial charge in [-0.3, -0.25) is 9.59 Å². The average molecular weight is 378 g/mol. The number of hydrogen-bond acceptors (Lipinski definition) is 3. The molecule has 1 aliphatic carbocycles. The van der Waals surface area contributed by atoms with Crippen molar-refractivity contribution in [2.45, 2.75) is 51.1 Å². The van der Waals surface area contributed by atoms with Crippen LogP contribution in [0.2, 0.25) is 0 Å². The summed E-state index contributed by atoms with van der Waals surface area (Å²) in [7, 11) is 0. The van der Waals surface area contributed by atoms with Gasteiger partial charge in [-0.15, -0.1) is 0 Å². The van der Waals surface area contributed by atoms with Gasteiger partial charge in [0.25, 0.3) is 5.91 Å². The van der Waals surface area contributed by atoms with E-state index >= 15 is 0 Å². The molecule has 0 radical (unpaired) electrons. The van der Waals surface area contributed by atoms with Crippen molar-refractivity contribution in [1.82, 2.24) is 10.2 Å². The predicted octanol–water partition coefficient (Wildman–Crippen LogP) is 3.85. The zero-order valence-electron chi connectivity index (χ0n) is 16.0. The normalized spacial score (nSPS) is 18.9. The van der Waals surface area contributed by atoms with Crippen molar-refractivity contribution in [3.8, 4) is 0 Å². The van der Waals surface area contributed by atoms with Gasteiger partial charge in [-0.05, 0) is 55.4 Å². The summed E-state index contributed by atoms with van der Waals surface area (Å²) in [6, 6.07) is 10.8. The fourth-order valence-corrected chi connectivity index (χ4v) is 4.11. The number of carbonyl (C=O) groups is 2. The van der Waals surface area contributed by atoms with Crippen LogP contribution in [0.1, 0.15) is 53.8 Å². The van der Waals surface area contributed by atoms with Gasteiger partial charge >= 0.3 is 0 Å². The summed E-state index contributed by atoms with van der Waals surface area (Å²) in [4.78, 5) is 27.6. The van der Waals surface area contributed by atoms with E-state index in [-0.39, 0.29) is 17.6 Å². The van der Waals surface area contributed by atoms with E-state index in [1.807, 2.05) is 24.3 Å². The van der Waals surface area contributed by atoms with Crippen molar-refractivity contribution < 1.29 is 14.0 Å². The molecule has 1 aliphatic heterocycles. The van der Waals surface area contributed by atoms with Gasteiger partial charge in [0.1, 0.15) is 6.04 Å². The minimum Gasteiger partial charge on any atom is -0.459 e. The molecule has 2 aromatic rings. The maximum Gasteiger partial charge on any atom is 0.290 e. The molecular weight excluding hydrogens is 352 g/mol. The second kappa shape index (κ2) is 8.46. The molecule has 28 heavy (non-hydrogen) atoms. The quantitative estimate of drug-likeness (QED) is 0.804. The third kappa shape index (κ3) is 4.03. The number of carbonyl (C=O) groups excluding carboxylic acids is 2. The van der Waals surface area contributed by atoms with Gasteiger partial charge in [-0.1, -0.05) is 35.9 Å². The largest absolute Gasteiger partial charge is 0.459 e. The number of allylic oxidation sites excluding steroid dienone is 1. The molecule has 4 rings (SSSR count). The molecule has 0 saturated heterocycles. The van der Waals surface area contributed by atoms with E-state index in [9.17, 15) is 9.59 Å². The molecule has 0 bridgehead atoms. The summed E-state index contributed by atoms with van der Waals surface area (Å²) in [5.74, 6) is -0.0648. The van der Waals surface area contributed by atoms with E-state index in [1.54, 1.807) is 17.0 Å². The molecule has 2 heterocycles. The van der Waals surface area contributed by atoms with Gasteiger partial charge in [0.05, 0.1) is 6.26 Å². The number of furan rings is 1. The molecule has 0 saturated carbocycles.